The number of carbonyl (C=O) groups is 1. The van der Waals surface area contributed by atoms with Gasteiger partial charge < -0.3 is 14.2 Å². The Morgan fingerprint density at radius 3 is 1.88 bits per heavy atom. The fraction of sp³-hybridized carbons (Fsp3) is 0.700. The monoisotopic (exact) mass is 250 g/mol. The number of allylic oxidation sites excluding steroid dienone is 2. The van der Waals surface area contributed by atoms with E-state index >= 15 is 0 Å². The number of Topliss-reactive ketones (excluding diaryl/α,β-unsaturated/α-hetero) is 1. The van der Waals surface area contributed by atoms with E-state index in [-0.39, 0.29) is 36.5 Å². The summed E-state index contributed by atoms with van der Waals surface area (Å²) in [5, 5.41) is 9.31. The fourth-order valence-corrected chi connectivity index (χ4v) is 3.08. The topological polar surface area (TPSA) is 72.8 Å². The van der Waals surface area contributed by atoms with Crippen LogP contribution in [0.2, 0.25) is 0 Å². The van der Waals surface area contributed by atoms with E-state index in [1.54, 1.807) is 13.8 Å². The Kier molecular flexibility index (Phi) is 6.56. The largest absolute Gasteiger partial charge is 0.512 e. The van der Waals surface area contributed by atoms with Gasteiger partial charge in [0.1, 0.15) is 0 Å². The van der Waals surface area contributed by atoms with Gasteiger partial charge in [-0.1, -0.05) is 0 Å². The van der Waals surface area contributed by atoms with E-state index in [0.29, 0.717) is 0 Å². The lowest BCUT2D eigenvalue weighted by Crippen LogP contribution is -2.09. The number of hydrogen-bond donors (Lipinski definition) is 1. The zero-order chi connectivity index (χ0) is 12.8. The highest BCUT2D eigenvalue weighted by Crippen LogP contribution is 2.49. The highest BCUT2D eigenvalue weighted by molar-refractivity contribution is 7.54. The molecular formula is C10H19O5P. The lowest BCUT2D eigenvalue weighted by molar-refractivity contribution is -0.113. The third-order valence-electron chi connectivity index (χ3n) is 1.87. The Bertz CT molecular complexity index is 307. The molecule has 0 saturated carbocycles. The van der Waals surface area contributed by atoms with Gasteiger partial charge in [-0.3, -0.25) is 9.36 Å². The van der Waals surface area contributed by atoms with Gasteiger partial charge in [0.25, 0.3) is 0 Å². The number of ketones is 1. The standard InChI is InChI=1S/C10H19O5P/c1-5-14-16(13,15-6-2)7-10(8(3)11)9(4)12/h11H,5-7H2,1-4H3/b10-8-. The summed E-state index contributed by atoms with van der Waals surface area (Å²) in [6.07, 6.45) is -0.188. The van der Waals surface area contributed by atoms with Crippen LogP contribution in [0.3, 0.4) is 0 Å². The van der Waals surface area contributed by atoms with Crippen LogP contribution in [0.5, 0.6) is 0 Å². The van der Waals surface area contributed by atoms with Gasteiger partial charge >= 0.3 is 7.60 Å². The van der Waals surface area contributed by atoms with E-state index in [4.69, 9.17) is 9.05 Å². The first kappa shape index (κ1) is 15.4. The molecule has 0 aromatic carbocycles. The second-order valence-corrected chi connectivity index (χ2v) is 5.28. The van der Waals surface area contributed by atoms with E-state index in [1.807, 2.05) is 0 Å². The molecule has 0 aromatic rings. The van der Waals surface area contributed by atoms with Crippen LogP contribution >= 0.6 is 7.60 Å². The summed E-state index contributed by atoms with van der Waals surface area (Å²) in [4.78, 5) is 11.2. The van der Waals surface area contributed by atoms with Crippen LogP contribution in [-0.4, -0.2) is 30.3 Å². The molecule has 0 fully saturated rings. The van der Waals surface area contributed by atoms with Crippen molar-refractivity contribution in [3.8, 4) is 0 Å². The van der Waals surface area contributed by atoms with Crippen LogP contribution < -0.4 is 0 Å². The number of carbonyl (C=O) groups excluding carboxylic acids is 1. The number of rotatable bonds is 7. The lowest BCUT2D eigenvalue weighted by Gasteiger charge is -2.17. The van der Waals surface area contributed by atoms with Gasteiger partial charge in [0.2, 0.25) is 0 Å². The first-order valence-corrected chi connectivity index (χ1v) is 6.86. The van der Waals surface area contributed by atoms with Crippen LogP contribution in [0.15, 0.2) is 11.3 Å². The van der Waals surface area contributed by atoms with E-state index in [9.17, 15) is 14.5 Å². The van der Waals surface area contributed by atoms with Gasteiger partial charge in [0.05, 0.1) is 25.1 Å². The Labute approximate surface area is 96.0 Å². The van der Waals surface area contributed by atoms with E-state index < -0.39 is 7.60 Å². The van der Waals surface area contributed by atoms with Gasteiger partial charge in [-0.05, 0) is 27.7 Å². The van der Waals surface area contributed by atoms with Crippen molar-refractivity contribution in [1.82, 2.24) is 0 Å². The first-order chi connectivity index (χ1) is 7.36. The molecule has 5 nitrogen and oxygen atoms in total. The van der Waals surface area contributed by atoms with Crippen LogP contribution in [-0.2, 0) is 18.4 Å². The molecule has 0 spiro atoms. The summed E-state index contributed by atoms with van der Waals surface area (Å²) in [5.74, 6) is -0.480. The summed E-state index contributed by atoms with van der Waals surface area (Å²) in [7, 11) is -3.32. The fourth-order valence-electron chi connectivity index (χ4n) is 1.20. The SMILES string of the molecule is CCOP(=O)(C/C(C(C)=O)=C(\C)O)OCC. The summed E-state index contributed by atoms with van der Waals surface area (Å²) in [6, 6.07) is 0. The second kappa shape index (κ2) is 6.84. The summed E-state index contributed by atoms with van der Waals surface area (Å²) < 4.78 is 22.2. The smallest absolute Gasteiger partial charge is 0.335 e. The van der Waals surface area contributed by atoms with Crippen molar-refractivity contribution in [3.63, 3.8) is 0 Å². The molecule has 0 atom stereocenters. The molecular weight excluding hydrogens is 231 g/mol. The maximum absolute atomic E-state index is 12.1. The molecule has 0 bridgehead atoms. The maximum atomic E-state index is 12.1. The molecule has 0 rings (SSSR count). The van der Waals surface area contributed by atoms with Crippen LogP contribution in [0.25, 0.3) is 0 Å². The Balaban J connectivity index is 4.94. The predicted molar refractivity (Wildman–Crippen MR) is 61.7 cm³/mol. The van der Waals surface area contributed by atoms with Crippen LogP contribution in [0.1, 0.15) is 27.7 Å². The molecule has 0 saturated heterocycles. The van der Waals surface area contributed by atoms with E-state index in [2.05, 4.69) is 0 Å². The van der Waals surface area contributed by atoms with Crippen LogP contribution in [0.4, 0.5) is 0 Å². The molecule has 0 heterocycles. The molecule has 0 amide bonds. The highest BCUT2D eigenvalue weighted by Gasteiger charge is 2.28. The van der Waals surface area contributed by atoms with Crippen molar-refractivity contribution in [2.75, 3.05) is 19.4 Å². The second-order valence-electron chi connectivity index (χ2n) is 3.22. The predicted octanol–water partition coefficient (Wildman–Crippen LogP) is 2.67. The highest BCUT2D eigenvalue weighted by atomic mass is 31.2. The number of aliphatic hydroxyl groups is 1. The zero-order valence-electron chi connectivity index (χ0n) is 10.1. The normalized spacial score (nSPS) is 13.5. The van der Waals surface area contributed by atoms with Crippen molar-refractivity contribution in [2.24, 2.45) is 0 Å². The molecule has 0 aromatic heterocycles. The average molecular weight is 250 g/mol. The molecule has 16 heavy (non-hydrogen) atoms. The molecule has 0 aliphatic carbocycles. The van der Waals surface area contributed by atoms with Crippen molar-refractivity contribution >= 4 is 13.4 Å². The average Bonchev–Trinajstić information content (AvgIpc) is 2.14. The molecule has 0 aliphatic rings. The molecule has 1 N–H and O–H groups in total. The molecule has 0 radical (unpaired) electrons. The third-order valence-corrected chi connectivity index (χ3v) is 3.87. The molecule has 94 valence electrons. The summed E-state index contributed by atoms with van der Waals surface area (Å²) in [6.45, 7) is 6.51. The van der Waals surface area contributed by atoms with Crippen molar-refractivity contribution in [1.29, 1.82) is 0 Å². The van der Waals surface area contributed by atoms with E-state index in [1.165, 1.54) is 13.8 Å². The van der Waals surface area contributed by atoms with Gasteiger partial charge in [0.15, 0.2) is 5.78 Å². The maximum Gasteiger partial charge on any atom is 0.335 e. The van der Waals surface area contributed by atoms with Gasteiger partial charge in [-0.15, -0.1) is 0 Å². The Morgan fingerprint density at radius 1 is 1.19 bits per heavy atom. The van der Waals surface area contributed by atoms with Crippen molar-refractivity contribution < 1.29 is 23.5 Å². The van der Waals surface area contributed by atoms with Crippen molar-refractivity contribution in [2.45, 2.75) is 27.7 Å². The Hall–Kier alpha value is -0.640. The van der Waals surface area contributed by atoms with Gasteiger partial charge in [-0.2, -0.15) is 0 Å². The molecule has 6 heteroatoms. The first-order valence-electron chi connectivity index (χ1n) is 5.14. The number of aliphatic hydroxyl groups excluding tert-OH is 1. The van der Waals surface area contributed by atoms with E-state index in [0.717, 1.165) is 0 Å². The Morgan fingerprint density at radius 2 is 1.62 bits per heavy atom. The third kappa shape index (κ3) is 4.92. The van der Waals surface area contributed by atoms with Gasteiger partial charge in [-0.25, -0.2) is 0 Å². The van der Waals surface area contributed by atoms with Crippen LogP contribution in [0, 0.1) is 0 Å². The minimum atomic E-state index is -3.32. The summed E-state index contributed by atoms with van der Waals surface area (Å²) >= 11 is 0. The quantitative estimate of drug-likeness (QED) is 0.427. The summed E-state index contributed by atoms with van der Waals surface area (Å²) in [5.41, 5.74) is 0.0882. The van der Waals surface area contributed by atoms with Crippen molar-refractivity contribution in [3.05, 3.63) is 11.3 Å². The molecule has 0 aliphatic heterocycles. The number of hydrogen-bond acceptors (Lipinski definition) is 5. The zero-order valence-corrected chi connectivity index (χ0v) is 11.0. The van der Waals surface area contributed by atoms with Gasteiger partial charge in [0, 0.05) is 5.57 Å². The minimum Gasteiger partial charge on any atom is -0.512 e. The molecule has 0 unspecified atom stereocenters. The lowest BCUT2D eigenvalue weighted by atomic mass is 10.2. The minimum absolute atomic E-state index is 0.0882.